The van der Waals surface area contributed by atoms with Gasteiger partial charge in [0.2, 0.25) is 0 Å². The van der Waals surface area contributed by atoms with E-state index in [1.165, 1.54) is 19.3 Å². The molecule has 3 saturated carbocycles. The summed E-state index contributed by atoms with van der Waals surface area (Å²) in [7, 11) is 2.05. The van der Waals surface area contributed by atoms with Crippen molar-refractivity contribution in [3.8, 4) is 0 Å². The average molecular weight is 409 g/mol. The van der Waals surface area contributed by atoms with Crippen LogP contribution in [0.2, 0.25) is 0 Å². The Balaban J connectivity index is 1.24. The fourth-order valence-corrected chi connectivity index (χ4v) is 6.79. The Kier molecular flexibility index (Phi) is 4.01. The van der Waals surface area contributed by atoms with E-state index in [2.05, 4.69) is 22.7 Å². The molecule has 1 amide bonds. The fourth-order valence-electron chi connectivity index (χ4n) is 6.79. The number of nitrogens with one attached hydrogen (secondary N) is 2. The normalized spacial score (nSPS) is 34.8. The number of Topliss-reactive ketones (excluding diaryl/α,β-unsaturated/α-hetero) is 1. The minimum atomic E-state index is -0.0572. The number of carbonyl (C=O) groups excluding carboxylic acids is 2. The van der Waals surface area contributed by atoms with Gasteiger partial charge in [-0.3, -0.25) is 9.59 Å². The minimum Gasteiger partial charge on any atom is -0.423 e. The van der Waals surface area contributed by atoms with E-state index in [-0.39, 0.29) is 23.1 Å². The third kappa shape index (κ3) is 2.44. The topological polar surface area (TPSA) is 87.5 Å². The molecule has 0 radical (unpaired) electrons. The Morgan fingerprint density at radius 3 is 2.90 bits per heavy atom. The second kappa shape index (κ2) is 6.54. The second-order valence-corrected chi connectivity index (χ2v) is 9.44. The van der Waals surface area contributed by atoms with Crippen LogP contribution in [-0.2, 0) is 4.79 Å². The number of hydrogen-bond acceptors (Lipinski definition) is 6. The number of oxazole rings is 1. The van der Waals surface area contributed by atoms with Crippen LogP contribution in [0.4, 0.5) is 6.01 Å². The number of anilines is 1. The van der Waals surface area contributed by atoms with Gasteiger partial charge in [0.15, 0.2) is 5.58 Å². The highest BCUT2D eigenvalue weighted by Gasteiger charge is 2.77. The third-order valence-corrected chi connectivity index (χ3v) is 8.23. The van der Waals surface area contributed by atoms with Crippen LogP contribution in [0.3, 0.4) is 0 Å². The quantitative estimate of drug-likeness (QED) is 0.808. The first kappa shape index (κ1) is 18.4. The van der Waals surface area contributed by atoms with Crippen molar-refractivity contribution in [2.45, 2.75) is 50.6 Å². The predicted molar refractivity (Wildman–Crippen MR) is 112 cm³/mol. The molecular weight excluding hydrogens is 380 g/mol. The van der Waals surface area contributed by atoms with Crippen LogP contribution in [0.25, 0.3) is 11.1 Å². The highest BCUT2D eigenvalue weighted by atomic mass is 16.4. The molecule has 30 heavy (non-hydrogen) atoms. The minimum absolute atomic E-state index is 0.0572. The van der Waals surface area contributed by atoms with E-state index in [0.717, 1.165) is 12.3 Å². The Bertz CT molecular complexity index is 1020. The molecule has 5 atom stereocenters. The Morgan fingerprint density at radius 1 is 1.27 bits per heavy atom. The number of rotatable bonds is 4. The molecule has 6 rings (SSSR count). The second-order valence-electron chi connectivity index (χ2n) is 9.44. The molecule has 158 valence electrons. The van der Waals surface area contributed by atoms with Crippen molar-refractivity contribution >= 4 is 28.8 Å². The zero-order valence-electron chi connectivity index (χ0n) is 17.3. The molecule has 3 aliphatic carbocycles. The van der Waals surface area contributed by atoms with Crippen molar-refractivity contribution in [2.24, 2.45) is 17.3 Å². The Morgan fingerprint density at radius 2 is 2.10 bits per heavy atom. The highest BCUT2D eigenvalue weighted by molar-refractivity contribution is 6.05. The zero-order chi connectivity index (χ0) is 20.5. The number of piperidine rings is 1. The van der Waals surface area contributed by atoms with Gasteiger partial charge in [-0.05, 0) is 50.3 Å². The molecule has 4 aliphatic rings. The summed E-state index contributed by atoms with van der Waals surface area (Å²) in [5.74, 6) is 1.67. The molecule has 7 heteroatoms. The van der Waals surface area contributed by atoms with Crippen LogP contribution in [0, 0.1) is 17.3 Å². The molecule has 1 aromatic heterocycles. The van der Waals surface area contributed by atoms with Crippen molar-refractivity contribution < 1.29 is 14.0 Å². The lowest BCUT2D eigenvalue weighted by molar-refractivity contribution is -0.119. The summed E-state index contributed by atoms with van der Waals surface area (Å²) in [6.45, 7) is 1.23. The monoisotopic (exact) mass is 408 g/mol. The van der Waals surface area contributed by atoms with E-state index in [4.69, 9.17) is 4.42 Å². The van der Waals surface area contributed by atoms with Gasteiger partial charge >= 0.3 is 0 Å². The van der Waals surface area contributed by atoms with Crippen LogP contribution in [-0.4, -0.2) is 48.9 Å². The van der Waals surface area contributed by atoms with Crippen LogP contribution in [0.1, 0.15) is 48.9 Å². The van der Waals surface area contributed by atoms with E-state index in [1.807, 2.05) is 23.1 Å². The van der Waals surface area contributed by atoms with E-state index in [0.29, 0.717) is 60.6 Å². The number of aromatic nitrogens is 1. The number of benzene rings is 1. The molecule has 7 nitrogen and oxygen atoms in total. The molecule has 1 aliphatic heterocycles. The van der Waals surface area contributed by atoms with Gasteiger partial charge in [0.1, 0.15) is 11.3 Å². The summed E-state index contributed by atoms with van der Waals surface area (Å²) in [4.78, 5) is 31.4. The number of hydrogen-bond donors (Lipinski definition) is 2. The van der Waals surface area contributed by atoms with Crippen molar-refractivity contribution in [1.29, 1.82) is 0 Å². The smallest absolute Gasteiger partial charge is 0.298 e. The largest absolute Gasteiger partial charge is 0.423 e. The number of para-hydroxylation sites is 1. The molecule has 0 bridgehead atoms. The molecule has 5 unspecified atom stereocenters. The lowest BCUT2D eigenvalue weighted by atomic mass is 9.59. The predicted octanol–water partition coefficient (Wildman–Crippen LogP) is 2.50. The zero-order valence-corrected chi connectivity index (χ0v) is 17.3. The van der Waals surface area contributed by atoms with Gasteiger partial charge in [0.05, 0.1) is 5.56 Å². The van der Waals surface area contributed by atoms with Gasteiger partial charge in [0.25, 0.3) is 11.9 Å². The van der Waals surface area contributed by atoms with Crippen molar-refractivity contribution in [3.05, 3.63) is 23.8 Å². The maximum Gasteiger partial charge on any atom is 0.298 e. The van der Waals surface area contributed by atoms with Gasteiger partial charge in [-0.2, -0.15) is 4.98 Å². The Hall–Kier alpha value is -2.41. The van der Waals surface area contributed by atoms with E-state index < -0.39 is 0 Å². The maximum absolute atomic E-state index is 13.2. The molecule has 1 spiro atoms. The number of amides is 1. The van der Waals surface area contributed by atoms with Gasteiger partial charge in [-0.1, -0.05) is 12.5 Å². The van der Waals surface area contributed by atoms with E-state index in [9.17, 15) is 9.59 Å². The number of carbonyl (C=O) groups is 2. The van der Waals surface area contributed by atoms with E-state index >= 15 is 0 Å². The molecule has 1 aromatic carbocycles. The van der Waals surface area contributed by atoms with Crippen molar-refractivity contribution in [2.75, 3.05) is 25.0 Å². The van der Waals surface area contributed by atoms with Crippen LogP contribution < -0.4 is 15.5 Å². The first-order valence-corrected chi connectivity index (χ1v) is 11.3. The first-order valence-electron chi connectivity index (χ1n) is 11.3. The Labute approximate surface area is 175 Å². The van der Waals surface area contributed by atoms with Crippen LogP contribution in [0.5, 0.6) is 0 Å². The summed E-state index contributed by atoms with van der Waals surface area (Å²) in [6, 6.07) is 6.83. The third-order valence-electron chi connectivity index (χ3n) is 8.23. The fraction of sp³-hybridized carbons (Fsp3) is 0.609. The molecule has 2 N–H and O–H groups in total. The summed E-state index contributed by atoms with van der Waals surface area (Å²) >= 11 is 0. The van der Waals surface area contributed by atoms with Crippen molar-refractivity contribution in [3.63, 3.8) is 0 Å². The van der Waals surface area contributed by atoms with Crippen LogP contribution >= 0.6 is 0 Å². The van der Waals surface area contributed by atoms with E-state index in [1.54, 1.807) is 0 Å². The van der Waals surface area contributed by atoms with Crippen LogP contribution in [0.15, 0.2) is 22.6 Å². The summed E-state index contributed by atoms with van der Waals surface area (Å²) in [6.07, 6.45) is 6.01. The lowest BCUT2D eigenvalue weighted by Crippen LogP contribution is -2.58. The molecule has 4 fully saturated rings. The van der Waals surface area contributed by atoms with Crippen molar-refractivity contribution in [1.82, 2.24) is 15.6 Å². The van der Waals surface area contributed by atoms with Gasteiger partial charge in [-0.15, -0.1) is 0 Å². The summed E-state index contributed by atoms with van der Waals surface area (Å²) < 4.78 is 5.94. The average Bonchev–Trinajstić information content (AvgIpc) is 3.27. The molecule has 2 aromatic rings. The maximum atomic E-state index is 13.2. The highest BCUT2D eigenvalue weighted by Crippen LogP contribution is 2.73. The number of fused-ring (bicyclic) bond motifs is 1. The SMILES string of the molecule is CNC1C2CCCC3CC(NC(=O)c4cccc5oc(N6CCC(=O)CC6)nc45)C321. The lowest BCUT2D eigenvalue weighted by Gasteiger charge is -2.50. The van der Waals surface area contributed by atoms with Gasteiger partial charge in [0, 0.05) is 43.4 Å². The number of ketones is 1. The summed E-state index contributed by atoms with van der Waals surface area (Å²) in [5, 5.41) is 6.86. The summed E-state index contributed by atoms with van der Waals surface area (Å²) in [5.41, 5.74) is 2.07. The number of nitrogens with zero attached hydrogens (tertiary/aromatic N) is 2. The first-order chi connectivity index (χ1) is 14.6. The standard InChI is InChI=1S/C23H28N4O3/c1-24-20-16-6-2-4-13-12-18(23(13,16)20)25-21(29)15-5-3-7-17-19(15)26-22(30-17)27-10-8-14(28)9-11-27/h3,5,7,13,16,18,20,24H,2,4,6,8-12H2,1H3,(H,25,29). The van der Waals surface area contributed by atoms with Gasteiger partial charge < -0.3 is 20.0 Å². The molecule has 2 heterocycles. The molecule has 1 saturated heterocycles. The molecular formula is C23H28N4O3. The van der Waals surface area contributed by atoms with Gasteiger partial charge in [-0.25, -0.2) is 0 Å².